The molecule has 0 spiro atoms. The van der Waals surface area contributed by atoms with Crippen molar-refractivity contribution in [3.05, 3.63) is 66.3 Å². The zero-order valence-corrected chi connectivity index (χ0v) is 14.3. The zero-order chi connectivity index (χ0) is 17.4. The summed E-state index contributed by atoms with van der Waals surface area (Å²) in [5.74, 6) is 3.70. The molecule has 3 aromatic rings. The van der Waals surface area contributed by atoms with Crippen LogP contribution in [0.3, 0.4) is 0 Å². The van der Waals surface area contributed by atoms with Crippen molar-refractivity contribution in [2.45, 2.75) is 25.8 Å². The molecule has 128 valence electrons. The van der Waals surface area contributed by atoms with E-state index in [1.807, 2.05) is 12.1 Å². The molecule has 0 radical (unpaired) electrons. The second-order valence-corrected chi connectivity index (χ2v) is 6.66. The first-order valence-corrected chi connectivity index (χ1v) is 8.40. The molecular weight excluding hydrogens is 316 g/mol. The van der Waals surface area contributed by atoms with Crippen LogP contribution in [-0.4, -0.2) is 32.4 Å². The third-order valence-corrected chi connectivity index (χ3v) is 4.66. The van der Waals surface area contributed by atoms with Crippen molar-refractivity contribution in [1.29, 1.82) is 0 Å². The summed E-state index contributed by atoms with van der Waals surface area (Å²) in [7, 11) is 1.78. The Bertz CT molecular complexity index is 884. The quantitative estimate of drug-likeness (QED) is 0.717. The SMILES string of the molecule is CC1CC1c1ccc(CN(C)C(=O)c2ccnc(-n3ccnc3)c2)o1. The van der Waals surface area contributed by atoms with Crippen molar-refractivity contribution in [3.8, 4) is 5.82 Å². The third-order valence-electron chi connectivity index (χ3n) is 4.66. The van der Waals surface area contributed by atoms with Crippen molar-refractivity contribution in [2.75, 3.05) is 7.05 Å². The van der Waals surface area contributed by atoms with Gasteiger partial charge in [0.2, 0.25) is 0 Å². The zero-order valence-electron chi connectivity index (χ0n) is 14.3. The number of hydrogen-bond acceptors (Lipinski definition) is 4. The van der Waals surface area contributed by atoms with Gasteiger partial charge in [-0.2, -0.15) is 0 Å². The van der Waals surface area contributed by atoms with Gasteiger partial charge in [0.05, 0.1) is 6.54 Å². The molecule has 1 amide bonds. The van der Waals surface area contributed by atoms with Gasteiger partial charge in [-0.25, -0.2) is 9.97 Å². The fourth-order valence-corrected chi connectivity index (χ4v) is 3.01. The molecule has 1 aliphatic rings. The minimum Gasteiger partial charge on any atom is -0.464 e. The van der Waals surface area contributed by atoms with Crippen molar-refractivity contribution in [1.82, 2.24) is 19.4 Å². The standard InChI is InChI=1S/C19H20N4O2/c1-13-9-16(13)17-4-3-15(25-17)11-22(2)19(24)14-5-6-21-18(10-14)23-8-7-20-12-23/h3-8,10,12-13,16H,9,11H2,1-2H3. The largest absolute Gasteiger partial charge is 0.464 e. The van der Waals surface area contributed by atoms with Crippen molar-refractivity contribution in [2.24, 2.45) is 5.92 Å². The Kier molecular flexibility index (Phi) is 3.87. The molecule has 0 bridgehead atoms. The van der Waals surface area contributed by atoms with E-state index in [0.717, 1.165) is 11.5 Å². The number of aromatic nitrogens is 3. The molecule has 25 heavy (non-hydrogen) atoms. The summed E-state index contributed by atoms with van der Waals surface area (Å²) in [5, 5.41) is 0. The molecule has 3 heterocycles. The lowest BCUT2D eigenvalue weighted by Gasteiger charge is -2.16. The molecule has 2 atom stereocenters. The molecule has 6 heteroatoms. The summed E-state index contributed by atoms with van der Waals surface area (Å²) < 4.78 is 7.67. The summed E-state index contributed by atoms with van der Waals surface area (Å²) >= 11 is 0. The Hall–Kier alpha value is -2.89. The Morgan fingerprint density at radius 1 is 1.36 bits per heavy atom. The van der Waals surface area contributed by atoms with E-state index >= 15 is 0 Å². The van der Waals surface area contributed by atoms with Crippen LogP contribution in [0.4, 0.5) is 0 Å². The molecule has 4 rings (SSSR count). The molecule has 2 unspecified atom stereocenters. The van der Waals surface area contributed by atoms with Crippen molar-refractivity contribution in [3.63, 3.8) is 0 Å². The van der Waals surface area contributed by atoms with Gasteiger partial charge >= 0.3 is 0 Å². The molecular formula is C19H20N4O2. The van der Waals surface area contributed by atoms with E-state index in [0.29, 0.717) is 29.8 Å². The Balaban J connectivity index is 1.47. The molecule has 0 N–H and O–H groups in total. The molecule has 1 fully saturated rings. The topological polar surface area (TPSA) is 64.2 Å². The number of nitrogens with zero attached hydrogens (tertiary/aromatic N) is 4. The first-order chi connectivity index (χ1) is 12.1. The first-order valence-electron chi connectivity index (χ1n) is 8.40. The van der Waals surface area contributed by atoms with Gasteiger partial charge < -0.3 is 9.32 Å². The van der Waals surface area contributed by atoms with Crippen LogP contribution in [0.15, 0.2) is 53.6 Å². The van der Waals surface area contributed by atoms with E-state index in [4.69, 9.17) is 4.42 Å². The number of rotatable bonds is 5. The van der Waals surface area contributed by atoms with Crippen LogP contribution in [0.5, 0.6) is 0 Å². The first kappa shape index (κ1) is 15.6. The van der Waals surface area contributed by atoms with E-state index in [-0.39, 0.29) is 5.91 Å². The van der Waals surface area contributed by atoms with Crippen molar-refractivity contribution < 1.29 is 9.21 Å². The Morgan fingerprint density at radius 2 is 2.20 bits per heavy atom. The summed E-state index contributed by atoms with van der Waals surface area (Å²) in [5.41, 5.74) is 0.587. The average molecular weight is 336 g/mol. The number of imidazole rings is 1. The minimum absolute atomic E-state index is 0.0681. The van der Waals surface area contributed by atoms with Gasteiger partial charge in [0.1, 0.15) is 23.7 Å². The highest BCUT2D eigenvalue weighted by atomic mass is 16.3. The monoisotopic (exact) mass is 336 g/mol. The highest BCUT2D eigenvalue weighted by molar-refractivity contribution is 5.94. The number of carbonyl (C=O) groups excluding carboxylic acids is 1. The molecule has 6 nitrogen and oxygen atoms in total. The van der Waals surface area contributed by atoms with E-state index in [1.165, 1.54) is 6.42 Å². The lowest BCUT2D eigenvalue weighted by molar-refractivity contribution is 0.0774. The van der Waals surface area contributed by atoms with Gasteiger partial charge in [-0.15, -0.1) is 0 Å². The molecule has 0 saturated heterocycles. The predicted octanol–water partition coefficient (Wildman–Crippen LogP) is 3.26. The van der Waals surface area contributed by atoms with Gasteiger partial charge in [-0.05, 0) is 36.6 Å². The van der Waals surface area contributed by atoms with Crippen LogP contribution in [0.2, 0.25) is 0 Å². The number of pyridine rings is 1. The maximum absolute atomic E-state index is 12.7. The van der Waals surface area contributed by atoms with Gasteiger partial charge in [-0.1, -0.05) is 6.92 Å². The van der Waals surface area contributed by atoms with Gasteiger partial charge in [0.15, 0.2) is 0 Å². The van der Waals surface area contributed by atoms with E-state index in [1.54, 1.807) is 53.6 Å². The second-order valence-electron chi connectivity index (χ2n) is 6.66. The van der Waals surface area contributed by atoms with Gasteiger partial charge in [-0.3, -0.25) is 9.36 Å². The maximum Gasteiger partial charge on any atom is 0.254 e. The van der Waals surface area contributed by atoms with E-state index < -0.39 is 0 Å². The van der Waals surface area contributed by atoms with E-state index in [2.05, 4.69) is 16.9 Å². The smallest absolute Gasteiger partial charge is 0.254 e. The third kappa shape index (κ3) is 3.20. The number of carbonyl (C=O) groups is 1. The fourth-order valence-electron chi connectivity index (χ4n) is 3.01. The normalized spacial score (nSPS) is 19.0. The Labute approximate surface area is 146 Å². The van der Waals surface area contributed by atoms with Crippen LogP contribution in [0.25, 0.3) is 5.82 Å². The summed E-state index contributed by atoms with van der Waals surface area (Å²) in [6.07, 6.45) is 7.95. The molecule has 0 aliphatic heterocycles. The number of hydrogen-bond donors (Lipinski definition) is 0. The van der Waals surface area contributed by atoms with Crippen LogP contribution in [0.1, 0.15) is 41.1 Å². The highest BCUT2D eigenvalue weighted by Crippen LogP contribution is 2.47. The van der Waals surface area contributed by atoms with Crippen LogP contribution in [0, 0.1) is 5.92 Å². The van der Waals surface area contributed by atoms with E-state index in [9.17, 15) is 4.79 Å². The highest BCUT2D eigenvalue weighted by Gasteiger charge is 2.36. The maximum atomic E-state index is 12.7. The van der Waals surface area contributed by atoms with Gasteiger partial charge in [0, 0.05) is 37.1 Å². The van der Waals surface area contributed by atoms with Crippen molar-refractivity contribution >= 4 is 5.91 Å². The predicted molar refractivity (Wildman–Crippen MR) is 92.4 cm³/mol. The second kappa shape index (κ2) is 6.20. The van der Waals surface area contributed by atoms with Crippen LogP contribution in [-0.2, 0) is 6.54 Å². The summed E-state index contributed by atoms with van der Waals surface area (Å²) in [6.45, 7) is 2.67. The summed E-state index contributed by atoms with van der Waals surface area (Å²) in [6, 6.07) is 7.48. The lowest BCUT2D eigenvalue weighted by Crippen LogP contribution is -2.26. The average Bonchev–Trinajstić information content (AvgIpc) is 3.05. The van der Waals surface area contributed by atoms with Crippen LogP contribution < -0.4 is 0 Å². The fraction of sp³-hybridized carbons (Fsp3) is 0.316. The molecule has 1 saturated carbocycles. The van der Waals surface area contributed by atoms with Gasteiger partial charge in [0.25, 0.3) is 5.91 Å². The number of furan rings is 1. The van der Waals surface area contributed by atoms with Crippen LogP contribution >= 0.6 is 0 Å². The minimum atomic E-state index is -0.0681. The molecule has 3 aromatic heterocycles. The summed E-state index contributed by atoms with van der Waals surface area (Å²) in [4.78, 5) is 22.7. The number of amides is 1. The molecule has 0 aromatic carbocycles. The molecule has 1 aliphatic carbocycles. The Morgan fingerprint density at radius 3 is 2.92 bits per heavy atom. The lowest BCUT2D eigenvalue weighted by atomic mass is 10.2.